The Labute approximate surface area is 157 Å². The number of hydrogen-bond donors (Lipinski definition) is 0. The van der Waals surface area contributed by atoms with Crippen LogP contribution in [0, 0.1) is 7.43 Å². The van der Waals surface area contributed by atoms with Gasteiger partial charge in [-0.25, -0.2) is 0 Å². The van der Waals surface area contributed by atoms with Gasteiger partial charge in [0.25, 0.3) is 0 Å². The van der Waals surface area contributed by atoms with E-state index in [0.717, 1.165) is 0 Å². The second-order valence-corrected chi connectivity index (χ2v) is 7.30. The smallest absolute Gasteiger partial charge is 0 e. The van der Waals surface area contributed by atoms with Crippen LogP contribution in [0.1, 0.15) is 0 Å². The number of hydrogen-bond acceptors (Lipinski definition) is 0. The predicted molar refractivity (Wildman–Crippen MR) is 117 cm³/mol. The molecule has 7 aromatic carbocycles. The van der Waals surface area contributed by atoms with Gasteiger partial charge in [-0.05, 0) is 64.6 Å². The third-order valence-electron chi connectivity index (χ3n) is 6.14. The molecule has 0 amide bonds. The van der Waals surface area contributed by atoms with Gasteiger partial charge in [-0.2, -0.15) is 0 Å². The van der Waals surface area contributed by atoms with Crippen molar-refractivity contribution in [2.45, 2.75) is 0 Å². The predicted octanol–water partition coefficient (Wildman–Crippen LogP) is 7.56. The third-order valence-corrected chi connectivity index (χ3v) is 6.14. The highest BCUT2D eigenvalue weighted by Gasteiger charge is 2.20. The first-order chi connectivity index (χ1) is 12.9. The van der Waals surface area contributed by atoms with E-state index in [2.05, 4.69) is 84.9 Å². The number of fused-ring (bicyclic) bond motifs is 8. The Morgan fingerprint density at radius 2 is 0.519 bits per heavy atom. The van der Waals surface area contributed by atoms with Crippen molar-refractivity contribution in [1.29, 1.82) is 0 Å². The molecule has 0 aliphatic rings. The van der Waals surface area contributed by atoms with Crippen LogP contribution in [0.15, 0.2) is 84.9 Å². The fourth-order valence-electron chi connectivity index (χ4n) is 5.21. The molecule has 4 radical (unpaired) electrons. The van der Waals surface area contributed by atoms with Crippen LogP contribution >= 0.6 is 0 Å². The Hall–Kier alpha value is -3.38. The summed E-state index contributed by atoms with van der Waals surface area (Å²) in [4.78, 5) is 0. The quantitative estimate of drug-likeness (QED) is 0.250. The van der Waals surface area contributed by atoms with Crippen molar-refractivity contribution in [3.8, 4) is 0 Å². The van der Waals surface area contributed by atoms with Gasteiger partial charge >= 0.3 is 0 Å². The van der Waals surface area contributed by atoms with Gasteiger partial charge in [0.1, 0.15) is 0 Å². The molecule has 0 unspecified atom stereocenters. The van der Waals surface area contributed by atoms with E-state index in [4.69, 9.17) is 0 Å². The highest BCUT2D eigenvalue weighted by Crippen LogP contribution is 2.49. The molecule has 122 valence electrons. The van der Waals surface area contributed by atoms with Crippen LogP contribution in [-0.2, 0) is 0 Å². The highest BCUT2D eigenvalue weighted by molar-refractivity contribution is 6.47. The standard InChI is InChI=1S/C26H14.C/c1-3-9-17-15(7-1)19-11-5-13-22-24-18-10-4-2-8-16(18)20-12-6-14-21(26(20)24)23(17)25(19)22;/h1-14H;. The summed E-state index contributed by atoms with van der Waals surface area (Å²) >= 11 is 0. The molecule has 7 rings (SSSR count). The number of rotatable bonds is 0. The zero-order valence-electron chi connectivity index (χ0n) is 14.6. The molecule has 0 aliphatic heterocycles. The summed E-state index contributed by atoms with van der Waals surface area (Å²) in [6, 6.07) is 31.3. The molecular formula is C27H14. The Balaban J connectivity index is 0.00000146. The van der Waals surface area contributed by atoms with Gasteiger partial charge in [0.2, 0.25) is 0 Å². The normalized spacial score (nSPS) is 12.1. The van der Waals surface area contributed by atoms with Crippen molar-refractivity contribution in [2.75, 3.05) is 0 Å². The molecule has 0 fully saturated rings. The zero-order chi connectivity index (χ0) is 16.8. The molecule has 0 heterocycles. The molecule has 0 saturated carbocycles. The lowest BCUT2D eigenvalue weighted by atomic mass is 9.95. The van der Waals surface area contributed by atoms with Crippen LogP contribution in [0.25, 0.3) is 64.6 Å². The van der Waals surface area contributed by atoms with Crippen LogP contribution in [0.2, 0.25) is 0 Å². The van der Waals surface area contributed by atoms with Gasteiger partial charge in [0, 0.05) is 7.43 Å². The van der Waals surface area contributed by atoms with Crippen LogP contribution in [-0.4, -0.2) is 0 Å². The second kappa shape index (κ2) is 4.86. The molecule has 0 aromatic heterocycles. The van der Waals surface area contributed by atoms with Gasteiger partial charge in [-0.1, -0.05) is 84.9 Å². The van der Waals surface area contributed by atoms with E-state index in [0.29, 0.717) is 0 Å². The van der Waals surface area contributed by atoms with Crippen molar-refractivity contribution in [1.82, 2.24) is 0 Å². The fraction of sp³-hybridized carbons (Fsp3) is 0. The van der Waals surface area contributed by atoms with E-state index in [-0.39, 0.29) is 7.43 Å². The van der Waals surface area contributed by atoms with E-state index in [1.165, 1.54) is 64.6 Å². The Bertz CT molecular complexity index is 1490. The molecule has 27 heavy (non-hydrogen) atoms. The summed E-state index contributed by atoms with van der Waals surface area (Å²) in [5.41, 5.74) is 0. The lowest BCUT2D eigenvalue weighted by Crippen LogP contribution is -1.79. The molecule has 0 spiro atoms. The molecule has 0 nitrogen and oxygen atoms in total. The Morgan fingerprint density at radius 3 is 0.889 bits per heavy atom. The minimum atomic E-state index is 0. The molecule has 7 aromatic rings. The minimum absolute atomic E-state index is 0. The third kappa shape index (κ3) is 1.56. The lowest BCUT2D eigenvalue weighted by molar-refractivity contribution is 1.85. The average molecular weight is 338 g/mol. The van der Waals surface area contributed by atoms with Gasteiger partial charge in [-0.15, -0.1) is 0 Å². The molecule has 0 N–H and O–H groups in total. The van der Waals surface area contributed by atoms with Crippen molar-refractivity contribution >= 4 is 64.6 Å². The number of benzene rings is 5. The van der Waals surface area contributed by atoms with Gasteiger partial charge in [-0.3, -0.25) is 0 Å². The van der Waals surface area contributed by atoms with E-state index >= 15 is 0 Å². The van der Waals surface area contributed by atoms with Crippen molar-refractivity contribution in [3.05, 3.63) is 92.4 Å². The zero-order valence-corrected chi connectivity index (χ0v) is 14.6. The topological polar surface area (TPSA) is 0 Å². The highest BCUT2D eigenvalue weighted by atomic mass is 14.2. The van der Waals surface area contributed by atoms with Crippen molar-refractivity contribution in [3.63, 3.8) is 0 Å². The van der Waals surface area contributed by atoms with Gasteiger partial charge in [0.15, 0.2) is 0 Å². The van der Waals surface area contributed by atoms with E-state index in [9.17, 15) is 0 Å². The summed E-state index contributed by atoms with van der Waals surface area (Å²) < 4.78 is 0. The largest absolute Gasteiger partial charge is 0.0616 e. The maximum absolute atomic E-state index is 2.31. The summed E-state index contributed by atoms with van der Waals surface area (Å²) in [5, 5.41) is 16.7. The van der Waals surface area contributed by atoms with E-state index in [1.54, 1.807) is 0 Å². The summed E-state index contributed by atoms with van der Waals surface area (Å²) in [7, 11) is 0. The Morgan fingerprint density at radius 1 is 0.259 bits per heavy atom. The molecule has 0 saturated heterocycles. The minimum Gasteiger partial charge on any atom is -0.0616 e. The second-order valence-electron chi connectivity index (χ2n) is 7.30. The monoisotopic (exact) mass is 338 g/mol. The van der Waals surface area contributed by atoms with Crippen molar-refractivity contribution in [2.24, 2.45) is 0 Å². The van der Waals surface area contributed by atoms with Gasteiger partial charge in [0.05, 0.1) is 0 Å². The molecular weight excluding hydrogens is 324 g/mol. The summed E-state index contributed by atoms with van der Waals surface area (Å²) in [5.74, 6) is 0. The fourth-order valence-corrected chi connectivity index (χ4v) is 5.21. The van der Waals surface area contributed by atoms with Crippen LogP contribution in [0.5, 0.6) is 0 Å². The SMILES string of the molecule is [C].c1ccc2c(c1)c1cccc3c4c5ccccc5c5cccc(c2c13)c54. The average Bonchev–Trinajstić information content (AvgIpc) is 3.22. The maximum Gasteiger partial charge on any atom is 0 e. The van der Waals surface area contributed by atoms with Gasteiger partial charge < -0.3 is 0 Å². The lowest BCUT2D eigenvalue weighted by Gasteiger charge is -2.07. The first kappa shape index (κ1) is 14.8. The summed E-state index contributed by atoms with van der Waals surface area (Å²) in [6.07, 6.45) is 0. The molecule has 0 heteroatoms. The van der Waals surface area contributed by atoms with Crippen LogP contribution in [0.3, 0.4) is 0 Å². The molecule has 0 aliphatic carbocycles. The summed E-state index contributed by atoms with van der Waals surface area (Å²) in [6.45, 7) is 0. The van der Waals surface area contributed by atoms with E-state index in [1.807, 2.05) is 0 Å². The van der Waals surface area contributed by atoms with Crippen LogP contribution in [0.4, 0.5) is 0 Å². The van der Waals surface area contributed by atoms with Crippen molar-refractivity contribution < 1.29 is 0 Å². The molecule has 0 bridgehead atoms. The first-order valence-electron chi connectivity index (χ1n) is 9.14. The Kier molecular flexibility index (Phi) is 2.66. The first-order valence-corrected chi connectivity index (χ1v) is 9.14. The van der Waals surface area contributed by atoms with E-state index < -0.39 is 0 Å². The maximum atomic E-state index is 2.31. The van der Waals surface area contributed by atoms with Crippen LogP contribution < -0.4 is 0 Å². The molecule has 0 atom stereocenters.